The first-order chi connectivity index (χ1) is 11.8. The molecule has 0 fully saturated rings. The number of benzene rings is 1. The third kappa shape index (κ3) is 3.84. The van der Waals surface area contributed by atoms with Crippen LogP contribution in [0.3, 0.4) is 0 Å². The van der Waals surface area contributed by atoms with Crippen molar-refractivity contribution < 1.29 is 4.74 Å². The Morgan fingerprint density at radius 1 is 1.33 bits per heavy atom. The lowest BCUT2D eigenvalue weighted by molar-refractivity contribution is 0.414. The number of guanidine groups is 1. The van der Waals surface area contributed by atoms with Crippen LogP contribution >= 0.6 is 0 Å². The van der Waals surface area contributed by atoms with Crippen LogP contribution in [0.2, 0.25) is 0 Å². The molecule has 3 rings (SSSR count). The summed E-state index contributed by atoms with van der Waals surface area (Å²) in [7, 11) is 1.67. The number of aromatic nitrogens is 3. The van der Waals surface area contributed by atoms with Crippen LogP contribution in [0.1, 0.15) is 30.6 Å². The largest absolute Gasteiger partial charge is 0.497 e. The Labute approximate surface area is 142 Å². The molecule has 24 heavy (non-hydrogen) atoms. The molecule has 0 bridgehead atoms. The summed E-state index contributed by atoms with van der Waals surface area (Å²) in [6.07, 6.45) is 2.18. The van der Waals surface area contributed by atoms with Gasteiger partial charge in [-0.2, -0.15) is 0 Å². The number of ether oxygens (including phenoxy) is 1. The van der Waals surface area contributed by atoms with Gasteiger partial charge in [-0.3, -0.25) is 0 Å². The molecule has 128 valence electrons. The number of rotatable bonds is 6. The van der Waals surface area contributed by atoms with Crippen LogP contribution in [0.25, 0.3) is 0 Å². The second-order valence-corrected chi connectivity index (χ2v) is 5.69. The normalized spacial score (nSPS) is 13.7. The van der Waals surface area contributed by atoms with E-state index in [0.29, 0.717) is 13.1 Å². The number of aliphatic imine (C=N–C) groups is 1. The first-order valence-electron chi connectivity index (χ1n) is 8.36. The maximum atomic E-state index is 5.25. The van der Waals surface area contributed by atoms with Crippen LogP contribution in [0, 0.1) is 0 Å². The van der Waals surface area contributed by atoms with Gasteiger partial charge >= 0.3 is 0 Å². The van der Waals surface area contributed by atoms with E-state index in [1.807, 2.05) is 24.3 Å². The lowest BCUT2D eigenvalue weighted by atomic mass is 10.2. The van der Waals surface area contributed by atoms with Crippen LogP contribution in [-0.4, -0.2) is 34.4 Å². The van der Waals surface area contributed by atoms with E-state index in [9.17, 15) is 0 Å². The van der Waals surface area contributed by atoms with Crippen LogP contribution in [-0.2, 0) is 26.1 Å². The van der Waals surface area contributed by atoms with Crippen LogP contribution in [0.15, 0.2) is 29.3 Å². The topological polar surface area (TPSA) is 76.4 Å². The lowest BCUT2D eigenvalue weighted by Crippen LogP contribution is -2.37. The monoisotopic (exact) mass is 328 g/mol. The summed E-state index contributed by atoms with van der Waals surface area (Å²) in [5, 5.41) is 15.1. The molecule has 0 atom stereocenters. The van der Waals surface area contributed by atoms with Gasteiger partial charge in [-0.15, -0.1) is 10.2 Å². The zero-order valence-corrected chi connectivity index (χ0v) is 14.2. The van der Waals surface area contributed by atoms with Gasteiger partial charge in [0.1, 0.15) is 11.6 Å². The number of nitrogens with zero attached hydrogens (tertiary/aromatic N) is 4. The van der Waals surface area contributed by atoms with Gasteiger partial charge in [0.15, 0.2) is 11.8 Å². The van der Waals surface area contributed by atoms with Crippen molar-refractivity contribution in [1.29, 1.82) is 0 Å². The highest BCUT2D eigenvalue weighted by atomic mass is 16.5. The van der Waals surface area contributed by atoms with E-state index in [0.717, 1.165) is 54.9 Å². The molecular formula is C17H24N6O. The zero-order chi connectivity index (χ0) is 16.8. The number of hydrogen-bond acceptors (Lipinski definition) is 4. The maximum Gasteiger partial charge on any atom is 0.191 e. The molecule has 7 nitrogen and oxygen atoms in total. The van der Waals surface area contributed by atoms with Crippen molar-refractivity contribution >= 4 is 5.96 Å². The van der Waals surface area contributed by atoms with Gasteiger partial charge in [0, 0.05) is 19.5 Å². The molecule has 7 heteroatoms. The molecule has 1 aromatic heterocycles. The summed E-state index contributed by atoms with van der Waals surface area (Å²) in [5.74, 6) is 3.68. The van der Waals surface area contributed by atoms with Gasteiger partial charge in [-0.05, 0) is 31.0 Å². The molecule has 2 heterocycles. The van der Waals surface area contributed by atoms with Gasteiger partial charge in [0.05, 0.1) is 20.2 Å². The summed E-state index contributed by atoms with van der Waals surface area (Å²) in [5.41, 5.74) is 1.11. The van der Waals surface area contributed by atoms with Crippen molar-refractivity contribution in [2.45, 2.75) is 39.4 Å². The minimum absolute atomic E-state index is 0.588. The fourth-order valence-electron chi connectivity index (χ4n) is 2.79. The summed E-state index contributed by atoms with van der Waals surface area (Å²) < 4.78 is 7.44. The smallest absolute Gasteiger partial charge is 0.191 e. The number of aryl methyl sites for hydroxylation is 1. The van der Waals surface area contributed by atoms with Crippen LogP contribution in [0.4, 0.5) is 0 Å². The van der Waals surface area contributed by atoms with E-state index >= 15 is 0 Å². The molecule has 0 saturated heterocycles. The van der Waals surface area contributed by atoms with E-state index < -0.39 is 0 Å². The van der Waals surface area contributed by atoms with Crippen LogP contribution < -0.4 is 15.4 Å². The summed E-state index contributed by atoms with van der Waals surface area (Å²) in [6, 6.07) is 7.95. The lowest BCUT2D eigenvalue weighted by Gasteiger charge is -2.11. The minimum atomic E-state index is 0.588. The van der Waals surface area contributed by atoms with Gasteiger partial charge in [-0.1, -0.05) is 12.1 Å². The SMILES string of the molecule is CCNC(=NCc1cccc(OC)c1)NCc1nnc2n1CCC2. The average molecular weight is 328 g/mol. The standard InChI is InChI=1S/C17H24N6O/c1-3-18-17(19-11-13-6-4-7-14(10-13)24-2)20-12-16-22-21-15-8-5-9-23(15)16/h4,6-7,10H,3,5,8-9,11-12H2,1-2H3,(H2,18,19,20). The molecule has 0 spiro atoms. The van der Waals surface area contributed by atoms with Crippen molar-refractivity contribution in [3.63, 3.8) is 0 Å². The van der Waals surface area contributed by atoms with Gasteiger partial charge in [0.2, 0.25) is 0 Å². The second kappa shape index (κ2) is 7.81. The Bertz CT molecular complexity index is 709. The molecule has 1 aromatic carbocycles. The molecule has 1 aliphatic rings. The summed E-state index contributed by atoms with van der Waals surface area (Å²) in [6.45, 7) is 5.08. The Kier molecular flexibility index (Phi) is 5.30. The Morgan fingerprint density at radius 3 is 3.08 bits per heavy atom. The molecular weight excluding hydrogens is 304 g/mol. The van der Waals surface area contributed by atoms with E-state index in [1.54, 1.807) is 7.11 Å². The van der Waals surface area contributed by atoms with Gasteiger partial charge < -0.3 is 19.9 Å². The highest BCUT2D eigenvalue weighted by Crippen LogP contribution is 2.14. The molecule has 0 aliphatic carbocycles. The number of methoxy groups -OCH3 is 1. The molecule has 0 amide bonds. The molecule has 1 aliphatic heterocycles. The fourth-order valence-corrected chi connectivity index (χ4v) is 2.79. The molecule has 0 unspecified atom stereocenters. The summed E-state index contributed by atoms with van der Waals surface area (Å²) in [4.78, 5) is 4.63. The van der Waals surface area contributed by atoms with Crippen molar-refractivity contribution in [3.8, 4) is 5.75 Å². The fraction of sp³-hybridized carbons (Fsp3) is 0.471. The Balaban J connectivity index is 1.62. The van der Waals surface area contributed by atoms with Gasteiger partial charge in [0.25, 0.3) is 0 Å². The number of nitrogens with one attached hydrogen (secondary N) is 2. The quantitative estimate of drug-likeness (QED) is 0.621. The average Bonchev–Trinajstić information content (AvgIpc) is 3.21. The first-order valence-corrected chi connectivity index (χ1v) is 8.36. The van der Waals surface area contributed by atoms with Gasteiger partial charge in [-0.25, -0.2) is 4.99 Å². The molecule has 0 radical (unpaired) electrons. The second-order valence-electron chi connectivity index (χ2n) is 5.69. The third-order valence-corrected chi connectivity index (χ3v) is 4.00. The number of fused-ring (bicyclic) bond motifs is 1. The Morgan fingerprint density at radius 2 is 2.25 bits per heavy atom. The predicted octanol–water partition coefficient (Wildman–Crippen LogP) is 1.49. The number of hydrogen-bond donors (Lipinski definition) is 2. The molecule has 2 aromatic rings. The van der Waals surface area contributed by atoms with Crippen molar-refractivity contribution in [2.24, 2.45) is 4.99 Å². The van der Waals surface area contributed by atoms with Crippen molar-refractivity contribution in [1.82, 2.24) is 25.4 Å². The molecule has 0 saturated carbocycles. The third-order valence-electron chi connectivity index (χ3n) is 4.00. The van der Waals surface area contributed by atoms with Crippen molar-refractivity contribution in [2.75, 3.05) is 13.7 Å². The van der Waals surface area contributed by atoms with E-state index in [-0.39, 0.29) is 0 Å². The highest BCUT2D eigenvalue weighted by Gasteiger charge is 2.16. The maximum absolute atomic E-state index is 5.25. The van der Waals surface area contributed by atoms with E-state index in [1.165, 1.54) is 0 Å². The summed E-state index contributed by atoms with van der Waals surface area (Å²) >= 11 is 0. The van der Waals surface area contributed by atoms with E-state index in [2.05, 4.69) is 37.3 Å². The van der Waals surface area contributed by atoms with Crippen LogP contribution in [0.5, 0.6) is 5.75 Å². The zero-order valence-electron chi connectivity index (χ0n) is 14.2. The Hall–Kier alpha value is -2.57. The highest BCUT2D eigenvalue weighted by molar-refractivity contribution is 5.79. The minimum Gasteiger partial charge on any atom is -0.497 e. The van der Waals surface area contributed by atoms with E-state index in [4.69, 9.17) is 4.74 Å². The predicted molar refractivity (Wildman–Crippen MR) is 93.0 cm³/mol. The first kappa shape index (κ1) is 16.3. The van der Waals surface area contributed by atoms with Crippen molar-refractivity contribution in [3.05, 3.63) is 41.5 Å². The molecule has 2 N–H and O–H groups in total.